The zero-order valence-electron chi connectivity index (χ0n) is 18.4. The Kier molecular flexibility index (Phi) is 7.72. The highest BCUT2D eigenvalue weighted by molar-refractivity contribution is 5.82. The van der Waals surface area contributed by atoms with Crippen molar-refractivity contribution in [3.05, 3.63) is 35.9 Å². The van der Waals surface area contributed by atoms with Crippen LogP contribution in [0.15, 0.2) is 30.3 Å². The lowest BCUT2D eigenvalue weighted by Gasteiger charge is -2.46. The van der Waals surface area contributed by atoms with E-state index in [4.69, 9.17) is 0 Å². The lowest BCUT2D eigenvalue weighted by molar-refractivity contribution is -0.132. The number of carbonyl (C=O) groups is 1. The number of carbonyl (C=O) groups excluding carboxylic acids is 1. The van der Waals surface area contributed by atoms with Crippen LogP contribution in [0.1, 0.15) is 58.4 Å². The van der Waals surface area contributed by atoms with Crippen molar-refractivity contribution in [2.45, 2.75) is 77.1 Å². The van der Waals surface area contributed by atoms with Gasteiger partial charge in [0, 0.05) is 31.7 Å². The number of nitrogens with one attached hydrogen (secondary N) is 2. The topological polar surface area (TPSA) is 64.6 Å². The van der Waals surface area contributed by atoms with Crippen molar-refractivity contribution in [2.24, 2.45) is 11.8 Å². The Balaban J connectivity index is 1.57. The van der Waals surface area contributed by atoms with Gasteiger partial charge in [-0.3, -0.25) is 9.69 Å². The van der Waals surface area contributed by atoms with Gasteiger partial charge in [-0.25, -0.2) is 0 Å². The van der Waals surface area contributed by atoms with Crippen molar-refractivity contribution < 1.29 is 9.90 Å². The molecule has 1 saturated carbocycles. The number of β-amino-alcohol motifs (C(OH)–C–C–N with tert-alkyl or cyclic N) is 1. The smallest absolute Gasteiger partial charge is 0.237 e. The summed E-state index contributed by atoms with van der Waals surface area (Å²) in [5.74, 6) is 1.45. The van der Waals surface area contributed by atoms with Crippen molar-refractivity contribution in [3.63, 3.8) is 0 Å². The Hall–Kier alpha value is -1.43. The van der Waals surface area contributed by atoms with Crippen molar-refractivity contribution in [3.8, 4) is 0 Å². The largest absolute Gasteiger partial charge is 0.390 e. The fourth-order valence-electron chi connectivity index (χ4n) is 4.94. The van der Waals surface area contributed by atoms with Crippen molar-refractivity contribution in [2.75, 3.05) is 19.6 Å². The maximum absolute atomic E-state index is 13.0. The zero-order chi connectivity index (χ0) is 20.9. The molecule has 1 aliphatic carbocycles. The molecule has 5 nitrogen and oxygen atoms in total. The van der Waals surface area contributed by atoms with Crippen molar-refractivity contribution in [1.29, 1.82) is 0 Å². The number of fused-ring (bicyclic) bond motifs is 1. The van der Waals surface area contributed by atoms with Gasteiger partial charge in [0.05, 0.1) is 12.1 Å². The number of benzene rings is 1. The van der Waals surface area contributed by atoms with Crippen LogP contribution in [-0.4, -0.2) is 53.2 Å². The van der Waals surface area contributed by atoms with E-state index < -0.39 is 6.10 Å². The third kappa shape index (κ3) is 6.80. The molecule has 29 heavy (non-hydrogen) atoms. The number of aliphatic hydroxyl groups excluding tert-OH is 1. The van der Waals surface area contributed by atoms with Gasteiger partial charge in [0.15, 0.2) is 0 Å². The van der Waals surface area contributed by atoms with E-state index in [0.29, 0.717) is 24.9 Å². The van der Waals surface area contributed by atoms with Crippen LogP contribution in [0.2, 0.25) is 0 Å². The Morgan fingerprint density at radius 1 is 1.17 bits per heavy atom. The minimum Gasteiger partial charge on any atom is -0.390 e. The first-order chi connectivity index (χ1) is 13.8. The standard InChI is InChI=1S/C24H39N3O2/c1-24(2,3)26-23(29)22-13-19-11-7-8-12-20(19)16-27(22)17-21(28)15-25-14-18-9-5-4-6-10-18/h4-6,9-10,19-22,25,28H,7-8,11-17H2,1-3H3,(H,26,29)/t19-,20+,21+,22-/m0/s1. The molecule has 5 heteroatoms. The molecule has 0 bridgehead atoms. The molecule has 162 valence electrons. The Morgan fingerprint density at radius 2 is 1.86 bits per heavy atom. The highest BCUT2D eigenvalue weighted by Crippen LogP contribution is 2.38. The molecule has 1 aromatic rings. The van der Waals surface area contributed by atoms with Crippen molar-refractivity contribution >= 4 is 5.91 Å². The monoisotopic (exact) mass is 401 g/mol. The first kappa shape index (κ1) is 22.3. The summed E-state index contributed by atoms with van der Waals surface area (Å²) in [6.45, 7) is 8.86. The Morgan fingerprint density at radius 3 is 2.55 bits per heavy atom. The molecule has 1 saturated heterocycles. The molecule has 1 aliphatic heterocycles. The van der Waals surface area contributed by atoms with Crippen LogP contribution in [-0.2, 0) is 11.3 Å². The zero-order valence-corrected chi connectivity index (χ0v) is 18.4. The quantitative estimate of drug-likeness (QED) is 0.657. The molecule has 0 unspecified atom stereocenters. The van der Waals surface area contributed by atoms with Crippen LogP contribution < -0.4 is 10.6 Å². The van der Waals surface area contributed by atoms with Crippen molar-refractivity contribution in [1.82, 2.24) is 15.5 Å². The summed E-state index contributed by atoms with van der Waals surface area (Å²) in [6.07, 6.45) is 5.55. The number of hydrogen-bond acceptors (Lipinski definition) is 4. The summed E-state index contributed by atoms with van der Waals surface area (Å²) in [6, 6.07) is 10.1. The predicted octanol–water partition coefficient (Wildman–Crippen LogP) is 2.93. The van der Waals surface area contributed by atoms with Gasteiger partial charge in [-0.05, 0) is 51.0 Å². The van der Waals surface area contributed by atoms with E-state index in [9.17, 15) is 9.90 Å². The van der Waals surface area contributed by atoms with Crippen LogP contribution >= 0.6 is 0 Å². The number of likely N-dealkylation sites (tertiary alicyclic amines) is 1. The number of amides is 1. The first-order valence-corrected chi connectivity index (χ1v) is 11.3. The molecule has 1 amide bonds. The summed E-state index contributed by atoms with van der Waals surface area (Å²) >= 11 is 0. The van der Waals surface area contributed by atoms with Gasteiger partial charge in [0.2, 0.25) is 5.91 Å². The minimum absolute atomic E-state index is 0.117. The van der Waals surface area contributed by atoms with Gasteiger partial charge in [0.1, 0.15) is 0 Å². The second-order valence-corrected chi connectivity index (χ2v) is 10.0. The summed E-state index contributed by atoms with van der Waals surface area (Å²) in [5, 5.41) is 17.2. The van der Waals surface area contributed by atoms with Crippen LogP contribution in [0.3, 0.4) is 0 Å². The van der Waals surface area contributed by atoms with Gasteiger partial charge < -0.3 is 15.7 Å². The number of rotatable bonds is 7. The van der Waals surface area contributed by atoms with E-state index in [1.54, 1.807) is 0 Å². The summed E-state index contributed by atoms with van der Waals surface area (Å²) < 4.78 is 0. The van der Waals surface area contributed by atoms with E-state index in [2.05, 4.69) is 27.7 Å². The van der Waals surface area contributed by atoms with E-state index in [0.717, 1.165) is 19.5 Å². The van der Waals surface area contributed by atoms with Gasteiger partial charge in [-0.15, -0.1) is 0 Å². The molecular weight excluding hydrogens is 362 g/mol. The number of nitrogens with zero attached hydrogens (tertiary/aromatic N) is 1. The molecule has 0 spiro atoms. The Labute approximate surface area is 176 Å². The molecule has 2 fully saturated rings. The van der Waals surface area contributed by atoms with Gasteiger partial charge in [0.25, 0.3) is 0 Å². The molecular formula is C24H39N3O2. The maximum atomic E-state index is 13.0. The van der Waals surface area contributed by atoms with Crippen LogP contribution in [0.25, 0.3) is 0 Å². The number of piperidine rings is 1. The highest BCUT2D eigenvalue weighted by atomic mass is 16.3. The molecule has 0 aromatic heterocycles. The average Bonchev–Trinajstić information content (AvgIpc) is 2.67. The van der Waals surface area contributed by atoms with E-state index in [-0.39, 0.29) is 17.5 Å². The van der Waals surface area contributed by atoms with Gasteiger partial charge in [-0.1, -0.05) is 49.6 Å². The van der Waals surface area contributed by atoms with Gasteiger partial charge in [-0.2, -0.15) is 0 Å². The Bertz CT molecular complexity index is 643. The summed E-state index contributed by atoms with van der Waals surface area (Å²) in [7, 11) is 0. The minimum atomic E-state index is -0.483. The highest BCUT2D eigenvalue weighted by Gasteiger charge is 2.40. The van der Waals surface area contributed by atoms with Crippen LogP contribution in [0.4, 0.5) is 0 Å². The van der Waals surface area contributed by atoms with Crippen LogP contribution in [0, 0.1) is 11.8 Å². The molecule has 1 aromatic carbocycles. The summed E-state index contributed by atoms with van der Waals surface area (Å²) in [5.41, 5.74) is 0.979. The second kappa shape index (κ2) is 10.1. The van der Waals surface area contributed by atoms with Gasteiger partial charge >= 0.3 is 0 Å². The lowest BCUT2D eigenvalue weighted by Crippen LogP contribution is -2.59. The third-order valence-corrected chi connectivity index (χ3v) is 6.30. The fourth-order valence-corrected chi connectivity index (χ4v) is 4.94. The molecule has 3 rings (SSSR count). The SMILES string of the molecule is CC(C)(C)NC(=O)[C@@H]1C[C@@H]2CCCC[C@@H]2CN1C[C@H](O)CNCc1ccccc1. The lowest BCUT2D eigenvalue weighted by atomic mass is 9.72. The third-order valence-electron chi connectivity index (χ3n) is 6.30. The summed E-state index contributed by atoms with van der Waals surface area (Å²) in [4.78, 5) is 15.3. The van der Waals surface area contributed by atoms with Crippen LogP contribution in [0.5, 0.6) is 0 Å². The van der Waals surface area contributed by atoms with E-state index >= 15 is 0 Å². The fraction of sp³-hybridized carbons (Fsp3) is 0.708. The predicted molar refractivity (Wildman–Crippen MR) is 117 cm³/mol. The van der Waals surface area contributed by atoms with E-state index in [1.165, 1.54) is 31.2 Å². The van der Waals surface area contributed by atoms with E-state index in [1.807, 2.05) is 39.0 Å². The second-order valence-electron chi connectivity index (χ2n) is 10.0. The molecule has 2 aliphatic rings. The normalized spacial score (nSPS) is 26.6. The first-order valence-electron chi connectivity index (χ1n) is 11.3. The number of aliphatic hydroxyl groups is 1. The average molecular weight is 402 g/mol. The maximum Gasteiger partial charge on any atom is 0.237 e. The number of hydrogen-bond donors (Lipinski definition) is 3. The molecule has 0 radical (unpaired) electrons. The molecule has 1 heterocycles. The molecule has 3 N–H and O–H groups in total. The molecule has 4 atom stereocenters.